The molecule has 0 aromatic heterocycles. The van der Waals surface area contributed by atoms with Crippen molar-refractivity contribution in [2.45, 2.75) is 13.8 Å². The lowest BCUT2D eigenvalue weighted by Crippen LogP contribution is -2.32. The summed E-state index contributed by atoms with van der Waals surface area (Å²) in [5.74, 6) is -0.897. The number of carbonyl (C=O) groups excluding carboxylic acids is 1. The van der Waals surface area contributed by atoms with Gasteiger partial charge in [-0.2, -0.15) is 0 Å². The topological polar surface area (TPSA) is 50.4 Å². The van der Waals surface area contributed by atoms with E-state index in [0.717, 1.165) is 23.3 Å². The van der Waals surface area contributed by atoms with Crippen LogP contribution in [0.3, 0.4) is 0 Å². The molecule has 0 saturated carbocycles. The van der Waals surface area contributed by atoms with E-state index in [9.17, 15) is 13.6 Å². The first-order valence-corrected chi connectivity index (χ1v) is 6.65. The van der Waals surface area contributed by atoms with Crippen LogP contribution < -0.4 is 15.4 Å². The fraction of sp³-hybridized carbons (Fsp3) is 0.188. The number of rotatable bonds is 4. The van der Waals surface area contributed by atoms with Gasteiger partial charge in [-0.15, -0.1) is 0 Å². The maximum atomic E-state index is 13.4. The van der Waals surface area contributed by atoms with Crippen molar-refractivity contribution < 1.29 is 18.3 Å². The standard InChI is InChI=1S/C16H16F2N2O2/c1-10-3-6-15(11(2)7-10)22-9-19-16(21)20-14-5-4-12(17)8-13(14)18/h3-8H,9H2,1-2H3,(H2,19,20,21). The van der Waals surface area contributed by atoms with E-state index in [4.69, 9.17) is 4.74 Å². The van der Waals surface area contributed by atoms with Crippen LogP contribution >= 0.6 is 0 Å². The monoisotopic (exact) mass is 306 g/mol. The molecule has 0 radical (unpaired) electrons. The predicted octanol–water partition coefficient (Wildman–Crippen LogP) is 3.74. The molecule has 0 aliphatic carbocycles. The second kappa shape index (κ2) is 6.89. The average Bonchev–Trinajstić information content (AvgIpc) is 2.44. The van der Waals surface area contributed by atoms with Gasteiger partial charge in [0.25, 0.3) is 0 Å². The molecule has 0 aliphatic rings. The molecule has 6 heteroatoms. The van der Waals surface area contributed by atoms with Crippen molar-refractivity contribution >= 4 is 11.7 Å². The van der Waals surface area contributed by atoms with Crippen LogP contribution in [0.1, 0.15) is 11.1 Å². The number of benzene rings is 2. The Hall–Kier alpha value is -2.63. The predicted molar refractivity (Wildman–Crippen MR) is 79.9 cm³/mol. The molecule has 0 bridgehead atoms. The first-order valence-electron chi connectivity index (χ1n) is 6.65. The highest BCUT2D eigenvalue weighted by Crippen LogP contribution is 2.18. The Morgan fingerprint density at radius 3 is 2.59 bits per heavy atom. The molecule has 2 N–H and O–H groups in total. The molecule has 2 aromatic rings. The summed E-state index contributed by atoms with van der Waals surface area (Å²) >= 11 is 0. The van der Waals surface area contributed by atoms with Crippen LogP contribution in [-0.2, 0) is 0 Å². The van der Waals surface area contributed by atoms with Crippen LogP contribution in [0, 0.1) is 25.5 Å². The first kappa shape index (κ1) is 15.8. The third kappa shape index (κ3) is 4.18. The summed E-state index contributed by atoms with van der Waals surface area (Å²) in [7, 11) is 0. The number of hydrogen-bond donors (Lipinski definition) is 2. The lowest BCUT2D eigenvalue weighted by molar-refractivity contribution is 0.234. The number of anilines is 1. The second-order valence-electron chi connectivity index (χ2n) is 4.81. The van der Waals surface area contributed by atoms with Gasteiger partial charge in [0.1, 0.15) is 17.4 Å². The van der Waals surface area contributed by atoms with Gasteiger partial charge in [0.15, 0.2) is 6.73 Å². The minimum absolute atomic E-state index is 0.0709. The maximum Gasteiger partial charge on any atom is 0.321 e. The van der Waals surface area contributed by atoms with Crippen molar-refractivity contribution in [3.05, 3.63) is 59.2 Å². The van der Waals surface area contributed by atoms with E-state index in [0.29, 0.717) is 11.8 Å². The lowest BCUT2D eigenvalue weighted by atomic mass is 10.1. The number of carbonyl (C=O) groups is 1. The quantitative estimate of drug-likeness (QED) is 0.845. The third-order valence-electron chi connectivity index (χ3n) is 2.97. The van der Waals surface area contributed by atoms with Gasteiger partial charge >= 0.3 is 6.03 Å². The molecule has 22 heavy (non-hydrogen) atoms. The van der Waals surface area contributed by atoms with Crippen molar-refractivity contribution in [1.29, 1.82) is 0 Å². The zero-order chi connectivity index (χ0) is 16.1. The summed E-state index contributed by atoms with van der Waals surface area (Å²) in [5.41, 5.74) is 1.96. The molecule has 2 aromatic carbocycles. The third-order valence-corrected chi connectivity index (χ3v) is 2.97. The van der Waals surface area contributed by atoms with Gasteiger partial charge in [-0.3, -0.25) is 0 Å². The first-order chi connectivity index (χ1) is 10.5. The lowest BCUT2D eigenvalue weighted by Gasteiger charge is -2.11. The van der Waals surface area contributed by atoms with Gasteiger partial charge in [-0.25, -0.2) is 13.6 Å². The molecule has 2 amide bonds. The molecule has 4 nitrogen and oxygen atoms in total. The van der Waals surface area contributed by atoms with Gasteiger partial charge in [-0.05, 0) is 37.6 Å². The number of urea groups is 1. The molecule has 0 saturated heterocycles. The summed E-state index contributed by atoms with van der Waals surface area (Å²) in [6, 6.07) is 7.93. The summed E-state index contributed by atoms with van der Waals surface area (Å²) in [6.45, 7) is 3.80. The highest BCUT2D eigenvalue weighted by molar-refractivity contribution is 5.89. The number of halogens is 2. The van der Waals surface area contributed by atoms with Crippen LogP contribution in [0.2, 0.25) is 0 Å². The van der Waals surface area contributed by atoms with E-state index < -0.39 is 17.7 Å². The molecule has 0 fully saturated rings. The Morgan fingerprint density at radius 2 is 1.91 bits per heavy atom. The van der Waals surface area contributed by atoms with Crippen molar-refractivity contribution in [1.82, 2.24) is 5.32 Å². The van der Waals surface area contributed by atoms with E-state index in [1.54, 1.807) is 0 Å². The molecule has 0 unspecified atom stereocenters. The van der Waals surface area contributed by atoms with E-state index in [2.05, 4.69) is 10.6 Å². The fourth-order valence-corrected chi connectivity index (χ4v) is 1.90. The molecular formula is C16H16F2N2O2. The van der Waals surface area contributed by atoms with Crippen LogP contribution in [0.25, 0.3) is 0 Å². The second-order valence-corrected chi connectivity index (χ2v) is 4.81. The number of hydrogen-bond acceptors (Lipinski definition) is 2. The van der Waals surface area contributed by atoms with E-state index in [-0.39, 0.29) is 12.4 Å². The normalized spacial score (nSPS) is 10.2. The Labute approximate surface area is 127 Å². The van der Waals surface area contributed by atoms with Crippen molar-refractivity contribution in [2.75, 3.05) is 12.0 Å². The molecule has 0 heterocycles. The minimum Gasteiger partial charge on any atom is -0.473 e. The zero-order valence-corrected chi connectivity index (χ0v) is 12.2. The Balaban J connectivity index is 1.85. The fourth-order valence-electron chi connectivity index (χ4n) is 1.90. The van der Waals surface area contributed by atoms with E-state index >= 15 is 0 Å². The molecular weight excluding hydrogens is 290 g/mol. The van der Waals surface area contributed by atoms with Gasteiger partial charge in [0.2, 0.25) is 0 Å². The number of aryl methyl sites for hydroxylation is 2. The Morgan fingerprint density at radius 1 is 1.14 bits per heavy atom. The van der Waals surface area contributed by atoms with E-state index in [1.807, 2.05) is 32.0 Å². The maximum absolute atomic E-state index is 13.4. The highest BCUT2D eigenvalue weighted by Gasteiger charge is 2.07. The molecule has 0 atom stereocenters. The van der Waals surface area contributed by atoms with Crippen molar-refractivity contribution in [3.8, 4) is 5.75 Å². The molecule has 0 aliphatic heterocycles. The zero-order valence-electron chi connectivity index (χ0n) is 12.2. The number of amides is 2. The molecule has 0 spiro atoms. The van der Waals surface area contributed by atoms with Crippen molar-refractivity contribution in [3.63, 3.8) is 0 Å². The summed E-state index contributed by atoms with van der Waals surface area (Å²) in [5, 5.41) is 4.71. The Kier molecular flexibility index (Phi) is 4.93. The molecule has 116 valence electrons. The van der Waals surface area contributed by atoms with Gasteiger partial charge in [0.05, 0.1) is 5.69 Å². The SMILES string of the molecule is Cc1ccc(OCNC(=O)Nc2ccc(F)cc2F)c(C)c1. The molecule has 2 rings (SSSR count). The van der Waals surface area contributed by atoms with Gasteiger partial charge in [0, 0.05) is 6.07 Å². The average molecular weight is 306 g/mol. The van der Waals surface area contributed by atoms with Crippen LogP contribution in [0.5, 0.6) is 5.75 Å². The minimum atomic E-state index is -0.842. The van der Waals surface area contributed by atoms with Gasteiger partial charge < -0.3 is 15.4 Å². The van der Waals surface area contributed by atoms with Crippen LogP contribution in [0.4, 0.5) is 19.3 Å². The number of ether oxygens (including phenoxy) is 1. The summed E-state index contributed by atoms with van der Waals surface area (Å²) in [6.07, 6.45) is 0. The largest absolute Gasteiger partial charge is 0.473 e. The highest BCUT2D eigenvalue weighted by atomic mass is 19.1. The van der Waals surface area contributed by atoms with Crippen LogP contribution in [0.15, 0.2) is 36.4 Å². The Bertz CT molecular complexity index is 690. The summed E-state index contributed by atoms with van der Waals surface area (Å²) < 4.78 is 31.6. The van der Waals surface area contributed by atoms with E-state index in [1.165, 1.54) is 0 Å². The smallest absolute Gasteiger partial charge is 0.321 e. The van der Waals surface area contributed by atoms with Crippen molar-refractivity contribution in [2.24, 2.45) is 0 Å². The van der Waals surface area contributed by atoms with Crippen LogP contribution in [-0.4, -0.2) is 12.8 Å². The number of nitrogens with one attached hydrogen (secondary N) is 2. The summed E-state index contributed by atoms with van der Waals surface area (Å²) in [4.78, 5) is 11.6. The van der Waals surface area contributed by atoms with Gasteiger partial charge in [-0.1, -0.05) is 17.7 Å².